The van der Waals surface area contributed by atoms with E-state index in [2.05, 4.69) is 11.7 Å². The molecule has 0 aliphatic heterocycles. The molecule has 0 saturated heterocycles. The predicted octanol–water partition coefficient (Wildman–Crippen LogP) is 4.52. The molecule has 0 bridgehead atoms. The Hall–Kier alpha value is -2.16. The van der Waals surface area contributed by atoms with Gasteiger partial charge in [-0.05, 0) is 18.6 Å². The summed E-state index contributed by atoms with van der Waals surface area (Å²) in [6, 6.07) is 9.52. The number of oxime groups is 1. The number of benzene rings is 1. The minimum Gasteiger partial charge on any atom is -0.357 e. The number of halogens is 1. The summed E-state index contributed by atoms with van der Waals surface area (Å²) in [7, 11) is 0. The molecule has 20 heavy (non-hydrogen) atoms. The molecule has 0 heterocycles. The fourth-order valence-electron chi connectivity index (χ4n) is 1.83. The first-order valence-corrected chi connectivity index (χ1v) is 6.58. The van der Waals surface area contributed by atoms with Gasteiger partial charge in [0, 0.05) is 11.5 Å². The Morgan fingerprint density at radius 1 is 1.30 bits per heavy atom. The van der Waals surface area contributed by atoms with Gasteiger partial charge < -0.3 is 4.84 Å². The van der Waals surface area contributed by atoms with Crippen LogP contribution in [0.25, 0.3) is 5.76 Å². The minimum atomic E-state index is -0.975. The second-order valence-electron chi connectivity index (χ2n) is 4.84. The molecule has 0 fully saturated rings. The van der Waals surface area contributed by atoms with E-state index in [1.165, 1.54) is 0 Å². The average Bonchev–Trinajstić information content (AvgIpc) is 2.48. The number of rotatable bonds is 4. The van der Waals surface area contributed by atoms with Gasteiger partial charge in [0.25, 0.3) is 0 Å². The molecule has 2 atom stereocenters. The lowest BCUT2D eigenvalue weighted by Gasteiger charge is -2.15. The molecule has 2 unspecified atom stereocenters. The Labute approximate surface area is 118 Å². The highest BCUT2D eigenvalue weighted by atomic mass is 19.1. The lowest BCUT2D eigenvalue weighted by Crippen LogP contribution is -2.13. The molecule has 1 aliphatic carbocycles. The van der Waals surface area contributed by atoms with Crippen LogP contribution in [0.4, 0.5) is 4.39 Å². The highest BCUT2D eigenvalue weighted by molar-refractivity contribution is 6.00. The lowest BCUT2D eigenvalue weighted by atomic mass is 9.95. The maximum atomic E-state index is 13.6. The molecule has 104 valence electrons. The van der Waals surface area contributed by atoms with Crippen molar-refractivity contribution in [3.63, 3.8) is 0 Å². The maximum Gasteiger partial charge on any atom is 0.158 e. The highest BCUT2D eigenvalue weighted by Gasteiger charge is 2.16. The first kappa shape index (κ1) is 14.3. The second kappa shape index (κ2) is 6.33. The molecule has 0 N–H and O–H groups in total. The van der Waals surface area contributed by atoms with Crippen LogP contribution >= 0.6 is 0 Å². The summed E-state index contributed by atoms with van der Waals surface area (Å²) >= 11 is 0. The van der Waals surface area contributed by atoms with Gasteiger partial charge >= 0.3 is 0 Å². The molecular weight excluding hydrogens is 253 g/mol. The van der Waals surface area contributed by atoms with Crippen LogP contribution in [-0.2, 0) is 4.84 Å². The standard InChI is InChI=1S/C17H18FNO/c1-12-9-10-16(11-17(12)18)13(2)19-20-14(3)15-7-5-4-6-8-15/h4-12,17H,3H2,1-2H3/b19-13+. The van der Waals surface area contributed by atoms with E-state index in [0.29, 0.717) is 11.5 Å². The number of allylic oxidation sites excluding steroid dienone is 4. The largest absolute Gasteiger partial charge is 0.357 e. The molecule has 0 aromatic heterocycles. The molecule has 0 spiro atoms. The van der Waals surface area contributed by atoms with Gasteiger partial charge in [0.2, 0.25) is 0 Å². The number of nitrogens with zero attached hydrogens (tertiary/aromatic N) is 1. The Morgan fingerprint density at radius 3 is 2.65 bits per heavy atom. The van der Waals surface area contributed by atoms with Crippen molar-refractivity contribution in [1.82, 2.24) is 0 Å². The monoisotopic (exact) mass is 271 g/mol. The normalized spacial score (nSPS) is 22.4. The average molecular weight is 271 g/mol. The summed E-state index contributed by atoms with van der Waals surface area (Å²) in [6.07, 6.45) is 4.30. The van der Waals surface area contributed by atoms with E-state index in [-0.39, 0.29) is 5.92 Å². The van der Waals surface area contributed by atoms with Crippen molar-refractivity contribution in [3.8, 4) is 0 Å². The van der Waals surface area contributed by atoms with Gasteiger partial charge in [-0.2, -0.15) is 0 Å². The summed E-state index contributed by atoms with van der Waals surface area (Å²) in [5.74, 6) is 0.377. The van der Waals surface area contributed by atoms with Crippen LogP contribution in [0.1, 0.15) is 19.4 Å². The zero-order valence-electron chi connectivity index (χ0n) is 11.7. The number of hydrogen-bond acceptors (Lipinski definition) is 2. The molecule has 0 saturated carbocycles. The fraction of sp³-hybridized carbons (Fsp3) is 0.235. The Balaban J connectivity index is 2.03. The molecule has 2 rings (SSSR count). The maximum absolute atomic E-state index is 13.6. The lowest BCUT2D eigenvalue weighted by molar-refractivity contribution is 0.298. The van der Waals surface area contributed by atoms with Gasteiger partial charge in [0.05, 0.1) is 5.71 Å². The zero-order chi connectivity index (χ0) is 14.5. The van der Waals surface area contributed by atoms with Crippen molar-refractivity contribution < 1.29 is 9.23 Å². The van der Waals surface area contributed by atoms with E-state index >= 15 is 0 Å². The van der Waals surface area contributed by atoms with E-state index in [1.54, 1.807) is 13.0 Å². The SMILES string of the molecule is C=C(O/N=C(\C)C1=CC(F)C(C)C=C1)c1ccccc1. The number of alkyl halides is 1. The van der Waals surface area contributed by atoms with Gasteiger partial charge in [-0.1, -0.05) is 61.1 Å². The van der Waals surface area contributed by atoms with Crippen molar-refractivity contribution in [2.24, 2.45) is 11.1 Å². The Bertz CT molecular complexity index is 572. The van der Waals surface area contributed by atoms with E-state index in [0.717, 1.165) is 11.1 Å². The molecule has 1 aliphatic rings. The van der Waals surface area contributed by atoms with E-state index in [4.69, 9.17) is 4.84 Å². The van der Waals surface area contributed by atoms with Crippen molar-refractivity contribution >= 4 is 11.5 Å². The van der Waals surface area contributed by atoms with Crippen LogP contribution < -0.4 is 0 Å². The second-order valence-corrected chi connectivity index (χ2v) is 4.84. The van der Waals surface area contributed by atoms with Crippen LogP contribution in [0.5, 0.6) is 0 Å². The molecule has 2 nitrogen and oxygen atoms in total. The Morgan fingerprint density at radius 2 is 2.00 bits per heavy atom. The molecule has 0 amide bonds. The summed E-state index contributed by atoms with van der Waals surface area (Å²) in [6.45, 7) is 7.46. The fourth-order valence-corrected chi connectivity index (χ4v) is 1.83. The van der Waals surface area contributed by atoms with Crippen LogP contribution in [0.2, 0.25) is 0 Å². The van der Waals surface area contributed by atoms with E-state index in [9.17, 15) is 4.39 Å². The molecule has 1 aromatic rings. The highest BCUT2D eigenvalue weighted by Crippen LogP contribution is 2.21. The van der Waals surface area contributed by atoms with Crippen molar-refractivity contribution in [2.45, 2.75) is 20.0 Å². The van der Waals surface area contributed by atoms with Crippen molar-refractivity contribution in [3.05, 3.63) is 66.3 Å². The van der Waals surface area contributed by atoms with Gasteiger partial charge in [-0.3, -0.25) is 0 Å². The van der Waals surface area contributed by atoms with Crippen LogP contribution in [0.15, 0.2) is 65.9 Å². The van der Waals surface area contributed by atoms with Crippen LogP contribution in [-0.4, -0.2) is 11.9 Å². The van der Waals surface area contributed by atoms with Crippen molar-refractivity contribution in [2.75, 3.05) is 0 Å². The molecular formula is C17H18FNO. The third-order valence-electron chi connectivity index (χ3n) is 3.23. The molecule has 3 heteroatoms. The van der Waals surface area contributed by atoms with Crippen molar-refractivity contribution in [1.29, 1.82) is 0 Å². The van der Waals surface area contributed by atoms with Gasteiger partial charge in [0.15, 0.2) is 5.76 Å². The predicted molar refractivity (Wildman–Crippen MR) is 81.0 cm³/mol. The minimum absolute atomic E-state index is 0.0910. The Kier molecular flexibility index (Phi) is 4.51. The smallest absolute Gasteiger partial charge is 0.158 e. The zero-order valence-corrected chi connectivity index (χ0v) is 11.7. The van der Waals surface area contributed by atoms with Crippen LogP contribution in [0.3, 0.4) is 0 Å². The molecule has 1 aromatic carbocycles. The summed E-state index contributed by atoms with van der Waals surface area (Å²) in [5.41, 5.74) is 2.25. The van der Waals surface area contributed by atoms with E-state index < -0.39 is 6.17 Å². The summed E-state index contributed by atoms with van der Waals surface area (Å²) < 4.78 is 13.6. The topological polar surface area (TPSA) is 21.6 Å². The first-order valence-electron chi connectivity index (χ1n) is 6.58. The third-order valence-corrected chi connectivity index (χ3v) is 3.23. The van der Waals surface area contributed by atoms with Gasteiger partial charge in [-0.15, -0.1) is 0 Å². The van der Waals surface area contributed by atoms with Gasteiger partial charge in [0.1, 0.15) is 6.17 Å². The summed E-state index contributed by atoms with van der Waals surface area (Å²) in [5, 5.41) is 4.01. The van der Waals surface area contributed by atoms with E-state index in [1.807, 2.05) is 49.4 Å². The summed E-state index contributed by atoms with van der Waals surface area (Å²) in [4.78, 5) is 5.30. The number of hydrogen-bond donors (Lipinski definition) is 0. The van der Waals surface area contributed by atoms with Crippen LogP contribution in [0, 0.1) is 5.92 Å². The quantitative estimate of drug-likeness (QED) is 0.448. The first-order chi connectivity index (χ1) is 9.58. The van der Waals surface area contributed by atoms with Gasteiger partial charge in [-0.25, -0.2) is 4.39 Å². The molecule has 0 radical (unpaired) electrons. The third kappa shape index (κ3) is 3.44.